The summed E-state index contributed by atoms with van der Waals surface area (Å²) in [6, 6.07) is 13.8. The number of imidazole rings is 1. The van der Waals surface area contributed by atoms with E-state index in [0.717, 1.165) is 16.4 Å². The Balaban J connectivity index is 1.23. The van der Waals surface area contributed by atoms with Crippen LogP contribution in [0.25, 0.3) is 5.69 Å². The number of nitrogens with one attached hydrogen (secondary N) is 1. The summed E-state index contributed by atoms with van der Waals surface area (Å²) in [5.74, 6) is -0.116. The first kappa shape index (κ1) is 23.0. The Morgan fingerprint density at radius 1 is 1.06 bits per heavy atom. The molecule has 1 N–H and O–H groups in total. The van der Waals surface area contributed by atoms with E-state index in [2.05, 4.69) is 10.3 Å². The third kappa shape index (κ3) is 6.00. The molecular weight excluding hydrogens is 441 g/mol. The highest BCUT2D eigenvalue weighted by Gasteiger charge is 2.23. The molecule has 2 heterocycles. The van der Waals surface area contributed by atoms with Crippen LogP contribution in [0.4, 0.5) is 10.1 Å². The van der Waals surface area contributed by atoms with Crippen LogP contribution >= 0.6 is 11.8 Å². The minimum absolute atomic E-state index is 0.0646. The molecule has 0 aliphatic carbocycles. The van der Waals surface area contributed by atoms with Gasteiger partial charge in [0.05, 0.1) is 18.0 Å². The minimum Gasteiger partial charge on any atom is -0.339 e. The van der Waals surface area contributed by atoms with Gasteiger partial charge in [0.2, 0.25) is 11.8 Å². The fraction of sp³-hybridized carbons (Fsp3) is 0.292. The SMILES string of the molecule is Cc1ccccc1-n1ccnc1SCC(=O)N1CCN(CC(=O)Nc2ccc(F)cc2)CC1. The van der Waals surface area contributed by atoms with Crippen LogP contribution in [-0.4, -0.2) is 69.6 Å². The minimum atomic E-state index is -0.342. The number of carbonyl (C=O) groups excluding carboxylic acids is 2. The molecule has 1 aromatic heterocycles. The highest BCUT2D eigenvalue weighted by Crippen LogP contribution is 2.23. The predicted molar refractivity (Wildman–Crippen MR) is 127 cm³/mol. The lowest BCUT2D eigenvalue weighted by atomic mass is 10.2. The van der Waals surface area contributed by atoms with Gasteiger partial charge in [0.15, 0.2) is 5.16 Å². The van der Waals surface area contributed by atoms with Crippen LogP contribution < -0.4 is 5.32 Å². The predicted octanol–water partition coefficient (Wildman–Crippen LogP) is 3.19. The number of aryl methyl sites for hydroxylation is 1. The first-order valence-corrected chi connectivity index (χ1v) is 11.8. The van der Waals surface area contributed by atoms with Gasteiger partial charge in [-0.25, -0.2) is 9.37 Å². The first-order chi connectivity index (χ1) is 16.0. The number of hydrogen-bond acceptors (Lipinski definition) is 5. The molecule has 4 rings (SSSR count). The van der Waals surface area contributed by atoms with Gasteiger partial charge in [0, 0.05) is 44.3 Å². The number of hydrogen-bond donors (Lipinski definition) is 1. The topological polar surface area (TPSA) is 70.5 Å². The molecular formula is C24H26FN5O2S. The van der Waals surface area contributed by atoms with Crippen molar-refractivity contribution >= 4 is 29.3 Å². The van der Waals surface area contributed by atoms with Gasteiger partial charge < -0.3 is 10.2 Å². The molecule has 1 saturated heterocycles. The van der Waals surface area contributed by atoms with Gasteiger partial charge in [-0.2, -0.15) is 0 Å². The summed E-state index contributed by atoms with van der Waals surface area (Å²) in [6.07, 6.45) is 3.65. The molecule has 33 heavy (non-hydrogen) atoms. The number of piperazine rings is 1. The summed E-state index contributed by atoms with van der Waals surface area (Å²) in [5, 5.41) is 3.55. The largest absolute Gasteiger partial charge is 0.339 e. The normalized spacial score (nSPS) is 14.3. The number of rotatable bonds is 7. The number of halogens is 1. The van der Waals surface area contributed by atoms with Crippen molar-refractivity contribution in [3.05, 3.63) is 72.3 Å². The number of anilines is 1. The maximum absolute atomic E-state index is 13.0. The van der Waals surface area contributed by atoms with E-state index in [0.29, 0.717) is 37.6 Å². The van der Waals surface area contributed by atoms with Crippen LogP contribution in [0.5, 0.6) is 0 Å². The Morgan fingerprint density at radius 2 is 1.79 bits per heavy atom. The molecule has 0 unspecified atom stereocenters. The van der Waals surface area contributed by atoms with E-state index in [1.165, 1.54) is 36.0 Å². The van der Waals surface area contributed by atoms with Crippen molar-refractivity contribution in [2.24, 2.45) is 0 Å². The van der Waals surface area contributed by atoms with E-state index in [1.807, 2.05) is 51.8 Å². The Morgan fingerprint density at radius 3 is 2.52 bits per heavy atom. The Labute approximate surface area is 196 Å². The van der Waals surface area contributed by atoms with E-state index >= 15 is 0 Å². The number of nitrogens with zero attached hydrogens (tertiary/aromatic N) is 4. The quantitative estimate of drug-likeness (QED) is 0.541. The van der Waals surface area contributed by atoms with Gasteiger partial charge in [-0.05, 0) is 42.8 Å². The highest BCUT2D eigenvalue weighted by atomic mass is 32.2. The van der Waals surface area contributed by atoms with Crippen LogP contribution in [-0.2, 0) is 9.59 Å². The molecule has 9 heteroatoms. The van der Waals surface area contributed by atoms with Crippen molar-refractivity contribution in [3.8, 4) is 5.69 Å². The number of carbonyl (C=O) groups is 2. The Kier molecular flexibility index (Phi) is 7.41. The van der Waals surface area contributed by atoms with Gasteiger partial charge in [-0.3, -0.25) is 19.1 Å². The summed E-state index contributed by atoms with van der Waals surface area (Å²) in [4.78, 5) is 33.3. The molecule has 1 aliphatic rings. The number of thioether (sulfide) groups is 1. The third-order valence-electron chi connectivity index (χ3n) is 5.53. The van der Waals surface area contributed by atoms with Crippen LogP contribution in [0, 0.1) is 12.7 Å². The first-order valence-electron chi connectivity index (χ1n) is 10.8. The van der Waals surface area contributed by atoms with Crippen molar-refractivity contribution in [1.29, 1.82) is 0 Å². The summed E-state index contributed by atoms with van der Waals surface area (Å²) < 4.78 is 15.0. The molecule has 0 bridgehead atoms. The van der Waals surface area contributed by atoms with Gasteiger partial charge in [0.1, 0.15) is 5.82 Å². The van der Waals surface area contributed by atoms with Crippen LogP contribution in [0.2, 0.25) is 0 Å². The maximum atomic E-state index is 13.0. The van der Waals surface area contributed by atoms with Crippen LogP contribution in [0.1, 0.15) is 5.56 Å². The van der Waals surface area contributed by atoms with Crippen LogP contribution in [0.3, 0.4) is 0 Å². The van der Waals surface area contributed by atoms with Crippen molar-refractivity contribution in [1.82, 2.24) is 19.4 Å². The molecule has 7 nitrogen and oxygen atoms in total. The zero-order valence-corrected chi connectivity index (χ0v) is 19.2. The Bertz CT molecular complexity index is 1110. The highest BCUT2D eigenvalue weighted by molar-refractivity contribution is 7.99. The van der Waals surface area contributed by atoms with Crippen molar-refractivity contribution in [2.75, 3.05) is 43.8 Å². The van der Waals surface area contributed by atoms with E-state index in [4.69, 9.17) is 0 Å². The average Bonchev–Trinajstić information content (AvgIpc) is 3.28. The standard InChI is InChI=1S/C24H26FN5O2S/c1-18-4-2-3-5-21(18)30-11-10-26-24(30)33-17-23(32)29-14-12-28(13-15-29)16-22(31)27-20-8-6-19(25)7-9-20/h2-11H,12-17H2,1H3,(H,27,31). The molecule has 0 radical (unpaired) electrons. The lowest BCUT2D eigenvalue weighted by Gasteiger charge is -2.34. The van der Waals surface area contributed by atoms with Gasteiger partial charge in [-0.15, -0.1) is 0 Å². The monoisotopic (exact) mass is 467 g/mol. The molecule has 172 valence electrons. The summed E-state index contributed by atoms with van der Waals surface area (Å²) in [7, 11) is 0. The summed E-state index contributed by atoms with van der Waals surface area (Å²) in [5.41, 5.74) is 2.76. The Hall–Kier alpha value is -3.17. The average molecular weight is 468 g/mol. The van der Waals surface area contributed by atoms with Crippen molar-refractivity contribution < 1.29 is 14.0 Å². The van der Waals surface area contributed by atoms with E-state index in [1.54, 1.807) is 6.20 Å². The van der Waals surface area contributed by atoms with E-state index < -0.39 is 0 Å². The van der Waals surface area contributed by atoms with Gasteiger partial charge in [0.25, 0.3) is 0 Å². The molecule has 3 aromatic rings. The van der Waals surface area contributed by atoms with Gasteiger partial charge in [-0.1, -0.05) is 30.0 Å². The number of aromatic nitrogens is 2. The zero-order valence-electron chi connectivity index (χ0n) is 18.4. The molecule has 0 atom stereocenters. The second kappa shape index (κ2) is 10.6. The molecule has 1 fully saturated rings. The fourth-order valence-electron chi connectivity index (χ4n) is 3.72. The fourth-order valence-corrected chi connectivity index (χ4v) is 4.59. The second-order valence-corrected chi connectivity index (χ2v) is 8.81. The lowest BCUT2D eigenvalue weighted by Crippen LogP contribution is -2.50. The van der Waals surface area contributed by atoms with Crippen LogP contribution in [0.15, 0.2) is 66.1 Å². The zero-order chi connectivity index (χ0) is 23.2. The summed E-state index contributed by atoms with van der Waals surface area (Å²) >= 11 is 1.43. The molecule has 0 spiro atoms. The maximum Gasteiger partial charge on any atom is 0.238 e. The van der Waals surface area contributed by atoms with Gasteiger partial charge >= 0.3 is 0 Å². The number of amides is 2. The summed E-state index contributed by atoms with van der Waals surface area (Å²) in [6.45, 7) is 4.71. The third-order valence-corrected chi connectivity index (χ3v) is 6.48. The van der Waals surface area contributed by atoms with E-state index in [9.17, 15) is 14.0 Å². The van der Waals surface area contributed by atoms with Crippen molar-refractivity contribution in [3.63, 3.8) is 0 Å². The van der Waals surface area contributed by atoms with Crippen molar-refractivity contribution in [2.45, 2.75) is 12.1 Å². The molecule has 1 aliphatic heterocycles. The lowest BCUT2D eigenvalue weighted by molar-refractivity contribution is -0.130. The molecule has 2 amide bonds. The van der Waals surface area contributed by atoms with E-state index in [-0.39, 0.29) is 24.2 Å². The molecule has 2 aromatic carbocycles. The smallest absolute Gasteiger partial charge is 0.238 e. The number of benzene rings is 2. The number of para-hydroxylation sites is 1. The molecule has 0 saturated carbocycles. The second-order valence-electron chi connectivity index (χ2n) is 7.87.